The number of aryl methyl sites for hydroxylation is 3. The Kier molecular flexibility index (Phi) is 3.64. The Labute approximate surface area is 115 Å². The minimum atomic E-state index is 0.0757. The molecule has 0 saturated carbocycles. The lowest BCUT2D eigenvalue weighted by molar-refractivity contribution is 0.532. The van der Waals surface area contributed by atoms with Crippen molar-refractivity contribution in [3.05, 3.63) is 57.5 Å². The largest absolute Gasteiger partial charge is 0.469 e. The minimum Gasteiger partial charge on any atom is -0.469 e. The molecule has 2 aromatic rings. The average Bonchev–Trinajstić information content (AvgIpc) is 2.69. The van der Waals surface area contributed by atoms with Crippen molar-refractivity contribution in [3.63, 3.8) is 0 Å². The molecule has 0 saturated heterocycles. The van der Waals surface area contributed by atoms with E-state index in [0.29, 0.717) is 0 Å². The molecule has 17 heavy (non-hydrogen) atoms. The van der Waals surface area contributed by atoms with Crippen LogP contribution in [0.1, 0.15) is 32.8 Å². The molecule has 0 N–H and O–H groups in total. The first-order valence-corrected chi connectivity index (χ1v) is 6.74. The van der Waals surface area contributed by atoms with Gasteiger partial charge in [0.2, 0.25) is 0 Å². The lowest BCUT2D eigenvalue weighted by Gasteiger charge is -2.12. The lowest BCUT2D eigenvalue weighted by atomic mass is 10.0. The van der Waals surface area contributed by atoms with E-state index in [-0.39, 0.29) is 4.83 Å². The van der Waals surface area contributed by atoms with Crippen LogP contribution in [0.5, 0.6) is 0 Å². The molecule has 0 aliphatic carbocycles. The first kappa shape index (κ1) is 12.7. The highest BCUT2D eigenvalue weighted by atomic mass is 79.9. The van der Waals surface area contributed by atoms with Crippen molar-refractivity contribution in [1.82, 2.24) is 0 Å². The topological polar surface area (TPSA) is 13.1 Å². The Balaban J connectivity index is 2.43. The zero-order chi connectivity index (χ0) is 12.6. The summed E-state index contributed by atoms with van der Waals surface area (Å²) in [6.45, 7) is 6.09. The maximum Gasteiger partial charge on any atom is 0.101 e. The van der Waals surface area contributed by atoms with Crippen LogP contribution in [0.25, 0.3) is 0 Å². The summed E-state index contributed by atoms with van der Waals surface area (Å²) in [5.74, 6) is 0.907. The van der Waals surface area contributed by atoms with Crippen molar-refractivity contribution in [1.29, 1.82) is 0 Å². The van der Waals surface area contributed by atoms with Crippen LogP contribution in [-0.2, 0) is 0 Å². The highest BCUT2D eigenvalue weighted by Crippen LogP contribution is 2.37. The maximum atomic E-state index is 6.29. The molecule has 1 aromatic carbocycles. The fraction of sp³-hybridized carbons (Fsp3) is 0.286. The van der Waals surface area contributed by atoms with Crippen LogP contribution in [0.2, 0.25) is 5.02 Å². The molecule has 0 radical (unpaired) electrons. The zero-order valence-electron chi connectivity index (χ0n) is 10.1. The maximum absolute atomic E-state index is 6.29. The fourth-order valence-corrected chi connectivity index (χ4v) is 2.85. The molecular weight excluding hydrogens is 300 g/mol. The van der Waals surface area contributed by atoms with E-state index >= 15 is 0 Å². The molecule has 2 rings (SSSR count). The van der Waals surface area contributed by atoms with Crippen LogP contribution in [0.15, 0.2) is 28.9 Å². The molecule has 0 spiro atoms. The monoisotopic (exact) mass is 312 g/mol. The standard InChI is InChI=1S/C14H14BrClO/c1-8-4-12(13(16)5-9(8)2)14(15)11-6-10(3)17-7-11/h4-7,14H,1-3H3. The average molecular weight is 314 g/mol. The van der Waals surface area contributed by atoms with Crippen molar-refractivity contribution in [2.45, 2.75) is 25.6 Å². The van der Waals surface area contributed by atoms with E-state index < -0.39 is 0 Å². The van der Waals surface area contributed by atoms with Crippen LogP contribution < -0.4 is 0 Å². The summed E-state index contributed by atoms with van der Waals surface area (Å²) >= 11 is 9.96. The van der Waals surface area contributed by atoms with E-state index in [1.54, 1.807) is 6.26 Å². The zero-order valence-corrected chi connectivity index (χ0v) is 12.4. The summed E-state index contributed by atoms with van der Waals surface area (Å²) in [5, 5.41) is 0.786. The van der Waals surface area contributed by atoms with Crippen molar-refractivity contribution in [2.24, 2.45) is 0 Å². The van der Waals surface area contributed by atoms with E-state index in [2.05, 4.69) is 35.8 Å². The minimum absolute atomic E-state index is 0.0757. The predicted molar refractivity (Wildman–Crippen MR) is 75.1 cm³/mol. The van der Waals surface area contributed by atoms with Gasteiger partial charge in [-0.05, 0) is 49.6 Å². The summed E-state index contributed by atoms with van der Waals surface area (Å²) in [7, 11) is 0. The SMILES string of the molecule is Cc1cc(C(Br)c2cc(C)c(C)cc2Cl)co1. The Morgan fingerprint density at radius 2 is 1.76 bits per heavy atom. The van der Waals surface area contributed by atoms with Gasteiger partial charge in [0, 0.05) is 10.6 Å². The molecular formula is C14H14BrClO. The lowest BCUT2D eigenvalue weighted by Crippen LogP contribution is -1.94. The second kappa shape index (κ2) is 4.87. The van der Waals surface area contributed by atoms with Gasteiger partial charge in [0.15, 0.2) is 0 Å². The van der Waals surface area contributed by atoms with Gasteiger partial charge in [-0.15, -0.1) is 0 Å². The number of benzene rings is 1. The molecule has 3 heteroatoms. The number of hydrogen-bond donors (Lipinski definition) is 0. The van der Waals surface area contributed by atoms with Crippen LogP contribution in [0.3, 0.4) is 0 Å². The molecule has 0 bridgehead atoms. The second-order valence-electron chi connectivity index (χ2n) is 4.31. The van der Waals surface area contributed by atoms with E-state index in [1.807, 2.05) is 19.1 Å². The van der Waals surface area contributed by atoms with Gasteiger partial charge in [0.1, 0.15) is 5.76 Å². The molecule has 1 unspecified atom stereocenters. The van der Waals surface area contributed by atoms with Gasteiger partial charge < -0.3 is 4.42 Å². The summed E-state index contributed by atoms with van der Waals surface area (Å²) in [6.07, 6.45) is 1.76. The molecule has 1 heterocycles. The predicted octanol–water partition coefficient (Wildman–Crippen LogP) is 5.34. The van der Waals surface area contributed by atoms with E-state index in [0.717, 1.165) is 21.9 Å². The number of furan rings is 1. The smallest absolute Gasteiger partial charge is 0.101 e. The van der Waals surface area contributed by atoms with Crippen molar-refractivity contribution < 1.29 is 4.42 Å². The van der Waals surface area contributed by atoms with E-state index in [4.69, 9.17) is 16.0 Å². The summed E-state index contributed by atoms with van der Waals surface area (Å²) < 4.78 is 5.33. The van der Waals surface area contributed by atoms with Crippen molar-refractivity contribution >= 4 is 27.5 Å². The first-order valence-electron chi connectivity index (χ1n) is 5.45. The molecule has 1 atom stereocenters. The third kappa shape index (κ3) is 2.58. The second-order valence-corrected chi connectivity index (χ2v) is 5.63. The Hall–Kier alpha value is -0.730. The molecule has 90 valence electrons. The van der Waals surface area contributed by atoms with Gasteiger partial charge in [0.25, 0.3) is 0 Å². The van der Waals surface area contributed by atoms with Gasteiger partial charge in [-0.1, -0.05) is 33.6 Å². The van der Waals surface area contributed by atoms with Crippen LogP contribution >= 0.6 is 27.5 Å². The number of alkyl halides is 1. The first-order chi connectivity index (χ1) is 7.99. The highest BCUT2D eigenvalue weighted by molar-refractivity contribution is 9.09. The normalized spacial score (nSPS) is 12.8. The summed E-state index contributed by atoms with van der Waals surface area (Å²) in [5.41, 5.74) is 4.62. The summed E-state index contributed by atoms with van der Waals surface area (Å²) in [6, 6.07) is 6.15. The third-order valence-corrected chi connectivity index (χ3v) is 4.28. The summed E-state index contributed by atoms with van der Waals surface area (Å²) in [4.78, 5) is 0.0757. The highest BCUT2D eigenvalue weighted by Gasteiger charge is 2.16. The van der Waals surface area contributed by atoms with Crippen molar-refractivity contribution in [2.75, 3.05) is 0 Å². The Morgan fingerprint density at radius 1 is 1.12 bits per heavy atom. The molecule has 1 nitrogen and oxygen atoms in total. The Bertz CT molecular complexity index is 545. The number of halogens is 2. The molecule has 0 aliphatic heterocycles. The number of hydrogen-bond acceptors (Lipinski definition) is 1. The third-order valence-electron chi connectivity index (χ3n) is 2.93. The molecule has 1 aromatic heterocycles. The van der Waals surface area contributed by atoms with Gasteiger partial charge in [-0.25, -0.2) is 0 Å². The fourth-order valence-electron chi connectivity index (χ4n) is 1.77. The van der Waals surface area contributed by atoms with Crippen LogP contribution in [-0.4, -0.2) is 0 Å². The molecule has 0 amide bonds. The van der Waals surface area contributed by atoms with Gasteiger partial charge >= 0.3 is 0 Å². The van der Waals surface area contributed by atoms with Crippen LogP contribution in [0, 0.1) is 20.8 Å². The quantitative estimate of drug-likeness (QED) is 0.682. The van der Waals surface area contributed by atoms with Crippen molar-refractivity contribution in [3.8, 4) is 0 Å². The van der Waals surface area contributed by atoms with Gasteiger partial charge in [-0.2, -0.15) is 0 Å². The molecule has 0 fully saturated rings. The van der Waals surface area contributed by atoms with Gasteiger partial charge in [-0.3, -0.25) is 0 Å². The number of rotatable bonds is 2. The van der Waals surface area contributed by atoms with Gasteiger partial charge in [0.05, 0.1) is 11.1 Å². The van der Waals surface area contributed by atoms with E-state index in [1.165, 1.54) is 11.1 Å². The van der Waals surface area contributed by atoms with E-state index in [9.17, 15) is 0 Å². The van der Waals surface area contributed by atoms with Crippen LogP contribution in [0.4, 0.5) is 0 Å². The molecule has 0 aliphatic rings. The Morgan fingerprint density at radius 3 is 2.35 bits per heavy atom.